The Bertz CT molecular complexity index is 1230. The summed E-state index contributed by atoms with van der Waals surface area (Å²) in [6, 6.07) is 8.15. The van der Waals surface area contributed by atoms with Crippen molar-refractivity contribution in [1.82, 2.24) is 24.8 Å². The van der Waals surface area contributed by atoms with Gasteiger partial charge < -0.3 is 20.3 Å². The Balaban J connectivity index is 1.36. The molecule has 1 aromatic carbocycles. The molecule has 5 rings (SSSR count). The number of nitrogens with two attached hydrogens (primary N) is 1. The van der Waals surface area contributed by atoms with E-state index in [1.807, 2.05) is 28.0 Å². The second-order valence-electron chi connectivity index (χ2n) is 9.84. The van der Waals surface area contributed by atoms with Crippen LogP contribution in [0.1, 0.15) is 57.8 Å². The third-order valence-electron chi connectivity index (χ3n) is 7.44. The van der Waals surface area contributed by atoms with E-state index in [0.717, 1.165) is 44.3 Å². The minimum atomic E-state index is -0.139. The van der Waals surface area contributed by atoms with E-state index in [4.69, 9.17) is 10.5 Å². The first kappa shape index (κ1) is 25.1. The van der Waals surface area contributed by atoms with Gasteiger partial charge >= 0.3 is 0 Å². The average Bonchev–Trinajstić information content (AvgIpc) is 3.37. The van der Waals surface area contributed by atoms with Gasteiger partial charge in [0.25, 0.3) is 11.8 Å². The fourth-order valence-electron chi connectivity index (χ4n) is 5.37. The van der Waals surface area contributed by atoms with Crippen LogP contribution in [0.25, 0.3) is 0 Å². The summed E-state index contributed by atoms with van der Waals surface area (Å²) in [6.07, 6.45) is 11.9. The van der Waals surface area contributed by atoms with Gasteiger partial charge in [-0.25, -0.2) is 9.97 Å². The molecule has 3 aromatic rings. The van der Waals surface area contributed by atoms with Crippen LogP contribution in [0.3, 0.4) is 0 Å². The van der Waals surface area contributed by atoms with Crippen LogP contribution in [-0.4, -0.2) is 69.4 Å². The van der Waals surface area contributed by atoms with E-state index in [1.54, 1.807) is 18.6 Å². The first-order chi connectivity index (χ1) is 18.0. The monoisotopic (exact) mass is 520 g/mol. The molecule has 0 radical (unpaired) electrons. The molecule has 1 saturated heterocycles. The summed E-state index contributed by atoms with van der Waals surface area (Å²) in [6.45, 7) is 2.74. The number of anilines is 1. The Labute approximate surface area is 220 Å². The number of likely N-dealkylation sites (tertiary alicyclic amines) is 1. The number of amides is 2. The Morgan fingerprint density at radius 2 is 1.78 bits per heavy atom. The molecular weight excluding hydrogens is 488 g/mol. The van der Waals surface area contributed by atoms with Crippen molar-refractivity contribution < 1.29 is 14.3 Å². The first-order valence-corrected chi connectivity index (χ1v) is 13.6. The van der Waals surface area contributed by atoms with Gasteiger partial charge in [-0.1, -0.05) is 36.0 Å². The smallest absolute Gasteiger partial charge is 0.274 e. The Morgan fingerprint density at radius 3 is 2.54 bits per heavy atom. The predicted molar refractivity (Wildman–Crippen MR) is 142 cm³/mol. The number of rotatable bonds is 2. The summed E-state index contributed by atoms with van der Waals surface area (Å²) in [4.78, 5) is 43.3. The van der Waals surface area contributed by atoms with E-state index in [0.29, 0.717) is 48.5 Å². The summed E-state index contributed by atoms with van der Waals surface area (Å²) < 4.78 is 6.15. The molecule has 0 aliphatic carbocycles. The third-order valence-corrected chi connectivity index (χ3v) is 8.25. The largest absolute Gasteiger partial charge is 0.491 e. The van der Waals surface area contributed by atoms with E-state index < -0.39 is 0 Å². The highest BCUT2D eigenvalue weighted by atomic mass is 32.1. The van der Waals surface area contributed by atoms with Crippen LogP contribution in [0.4, 0.5) is 5.13 Å². The van der Waals surface area contributed by atoms with Crippen LogP contribution in [0, 0.1) is 5.41 Å². The highest BCUT2D eigenvalue weighted by Crippen LogP contribution is 2.39. The van der Waals surface area contributed by atoms with Crippen LogP contribution < -0.4 is 10.5 Å². The van der Waals surface area contributed by atoms with Crippen LogP contribution in [-0.2, 0) is 6.42 Å². The van der Waals surface area contributed by atoms with E-state index in [-0.39, 0.29) is 17.2 Å². The number of nitrogen functional groups attached to an aromatic ring is 1. The molecule has 2 amide bonds. The molecule has 4 heterocycles. The number of carbonyl (C=O) groups excluding carboxylic acids is 2. The number of ether oxygens (including phenoxy) is 1. The number of aryl methyl sites for hydroxylation is 1. The average molecular weight is 521 g/mol. The van der Waals surface area contributed by atoms with Crippen molar-refractivity contribution in [2.45, 2.75) is 38.5 Å². The number of carbonyl (C=O) groups is 2. The SMILES string of the molecule is Nc1ncc(C(=O)N2CCC3(CCCCc4ccccc4OCCN(C(=O)c4cnccn4)C3)CC2)s1. The number of hydrogen-bond donors (Lipinski definition) is 1. The fraction of sp³-hybridized carbons (Fsp3) is 0.444. The first-order valence-electron chi connectivity index (χ1n) is 12.8. The van der Waals surface area contributed by atoms with Crippen molar-refractivity contribution in [1.29, 1.82) is 0 Å². The van der Waals surface area contributed by atoms with Crippen molar-refractivity contribution in [3.05, 3.63) is 65.2 Å². The summed E-state index contributed by atoms with van der Waals surface area (Å²) in [5.41, 5.74) is 7.19. The minimum absolute atomic E-state index is 0.0188. The lowest BCUT2D eigenvalue weighted by molar-refractivity contribution is 0.0327. The number of fused-ring (bicyclic) bond motifs is 1. The molecule has 0 bridgehead atoms. The second kappa shape index (κ2) is 11.2. The summed E-state index contributed by atoms with van der Waals surface area (Å²) >= 11 is 1.22. The van der Waals surface area contributed by atoms with Crippen molar-refractivity contribution in [3.8, 4) is 5.75 Å². The number of aromatic nitrogens is 3. The number of hydrogen-bond acceptors (Lipinski definition) is 8. The number of benzene rings is 1. The van der Waals surface area contributed by atoms with Crippen molar-refractivity contribution >= 4 is 28.3 Å². The molecule has 2 aliphatic heterocycles. The molecule has 1 fully saturated rings. The Kier molecular flexibility index (Phi) is 7.64. The van der Waals surface area contributed by atoms with Gasteiger partial charge in [0.2, 0.25) is 0 Å². The zero-order valence-electron chi connectivity index (χ0n) is 20.8. The predicted octanol–water partition coefficient (Wildman–Crippen LogP) is 3.69. The lowest BCUT2D eigenvalue weighted by Gasteiger charge is -2.44. The number of piperidine rings is 1. The van der Waals surface area contributed by atoms with Gasteiger partial charge in [0.1, 0.15) is 22.9 Å². The molecule has 1 spiro atoms. The molecule has 37 heavy (non-hydrogen) atoms. The molecule has 194 valence electrons. The molecule has 0 unspecified atom stereocenters. The van der Waals surface area contributed by atoms with Crippen molar-refractivity contribution in [2.75, 3.05) is 38.5 Å². The lowest BCUT2D eigenvalue weighted by atomic mass is 9.73. The normalized spacial score (nSPS) is 18.3. The van der Waals surface area contributed by atoms with E-state index in [1.165, 1.54) is 23.1 Å². The van der Waals surface area contributed by atoms with Gasteiger partial charge in [-0.05, 0) is 49.1 Å². The van der Waals surface area contributed by atoms with E-state index in [2.05, 4.69) is 21.0 Å². The standard InChI is InChI=1S/C27H32N6O3S/c28-26-31-18-23(37-26)25(35)32-13-9-27(10-14-32)8-4-3-6-20-5-1-2-7-22(20)36-16-15-33(19-27)24(34)21-17-29-11-12-30-21/h1-2,5,7,11-12,17-18H,3-4,6,8-10,13-16,19H2,(H2,28,31). The molecule has 10 heteroatoms. The quantitative estimate of drug-likeness (QED) is 0.548. The van der Waals surface area contributed by atoms with Crippen molar-refractivity contribution in [2.24, 2.45) is 5.41 Å². The minimum Gasteiger partial charge on any atom is -0.491 e. The van der Waals surface area contributed by atoms with Crippen LogP contribution in [0.5, 0.6) is 5.75 Å². The zero-order valence-corrected chi connectivity index (χ0v) is 21.7. The zero-order chi connectivity index (χ0) is 25.7. The molecule has 0 atom stereocenters. The second-order valence-corrected chi connectivity index (χ2v) is 10.9. The third kappa shape index (κ3) is 5.90. The van der Waals surface area contributed by atoms with E-state index >= 15 is 0 Å². The van der Waals surface area contributed by atoms with Gasteiger partial charge in [0.15, 0.2) is 5.13 Å². The van der Waals surface area contributed by atoms with Gasteiger partial charge in [0.05, 0.1) is 18.9 Å². The highest BCUT2D eigenvalue weighted by Gasteiger charge is 2.39. The lowest BCUT2D eigenvalue weighted by Crippen LogP contribution is -2.50. The number of nitrogens with zero attached hydrogens (tertiary/aromatic N) is 5. The van der Waals surface area contributed by atoms with Crippen LogP contribution >= 0.6 is 11.3 Å². The molecule has 2 aromatic heterocycles. The van der Waals surface area contributed by atoms with Gasteiger partial charge in [0, 0.05) is 32.0 Å². The number of para-hydroxylation sites is 1. The maximum Gasteiger partial charge on any atom is 0.274 e. The Hall–Kier alpha value is -3.53. The highest BCUT2D eigenvalue weighted by molar-refractivity contribution is 7.17. The number of thiazole rings is 1. The maximum atomic E-state index is 13.5. The molecule has 9 nitrogen and oxygen atoms in total. The Morgan fingerprint density at radius 1 is 0.946 bits per heavy atom. The summed E-state index contributed by atoms with van der Waals surface area (Å²) in [7, 11) is 0. The van der Waals surface area contributed by atoms with Gasteiger partial charge in [-0.15, -0.1) is 0 Å². The summed E-state index contributed by atoms with van der Waals surface area (Å²) in [5.74, 6) is 0.731. The maximum absolute atomic E-state index is 13.5. The fourth-order valence-corrected chi connectivity index (χ4v) is 6.03. The molecule has 0 saturated carbocycles. The van der Waals surface area contributed by atoms with E-state index in [9.17, 15) is 9.59 Å². The van der Waals surface area contributed by atoms with Crippen molar-refractivity contribution in [3.63, 3.8) is 0 Å². The summed E-state index contributed by atoms with van der Waals surface area (Å²) in [5, 5.41) is 0.401. The van der Waals surface area contributed by atoms with Gasteiger partial charge in [-0.3, -0.25) is 14.6 Å². The topological polar surface area (TPSA) is 115 Å². The molecular formula is C27H32N6O3S. The van der Waals surface area contributed by atoms with Crippen LogP contribution in [0.2, 0.25) is 0 Å². The van der Waals surface area contributed by atoms with Crippen LogP contribution in [0.15, 0.2) is 49.1 Å². The molecule has 2 N–H and O–H groups in total. The van der Waals surface area contributed by atoms with Gasteiger partial charge in [-0.2, -0.15) is 0 Å². The molecule has 2 aliphatic rings.